The van der Waals surface area contributed by atoms with Crippen LogP contribution >= 0.6 is 23.4 Å². The molecular weight excluding hydrogens is 285 g/mol. The van der Waals surface area contributed by atoms with E-state index in [1.54, 1.807) is 18.2 Å². The van der Waals surface area contributed by atoms with Crippen LogP contribution in [0.5, 0.6) is 0 Å². The third-order valence-corrected chi connectivity index (χ3v) is 3.06. The molecule has 2 heterocycles. The lowest BCUT2D eigenvalue weighted by molar-refractivity contribution is -0.137. The summed E-state index contributed by atoms with van der Waals surface area (Å²) >= 11 is 6.85. The second-order valence-corrected chi connectivity index (χ2v) is 4.71. The van der Waals surface area contributed by atoms with Crippen molar-refractivity contribution in [3.8, 4) is 0 Å². The number of aromatic nitrogens is 2. The molecule has 0 atom stereocenters. The molecule has 0 aromatic carbocycles. The van der Waals surface area contributed by atoms with Gasteiger partial charge in [0.05, 0.1) is 5.56 Å². The number of nitrogens with zero attached hydrogens (tertiary/aromatic N) is 2. The minimum atomic E-state index is -4.37. The van der Waals surface area contributed by atoms with Crippen LogP contribution in [-0.2, 0) is 6.18 Å². The molecule has 0 unspecified atom stereocenters. The number of hydrogen-bond donors (Lipinski definition) is 0. The summed E-state index contributed by atoms with van der Waals surface area (Å²) in [6.45, 7) is 0. The predicted molar refractivity (Wildman–Crippen MR) is 62.6 cm³/mol. The topological polar surface area (TPSA) is 25.8 Å². The number of hydrogen-bond acceptors (Lipinski definition) is 3. The highest BCUT2D eigenvalue weighted by atomic mass is 35.5. The summed E-state index contributed by atoms with van der Waals surface area (Å²) in [6, 6.07) is 7.32. The number of alkyl halides is 3. The van der Waals surface area contributed by atoms with E-state index in [9.17, 15) is 13.2 Å². The largest absolute Gasteiger partial charge is 0.417 e. The van der Waals surface area contributed by atoms with E-state index in [-0.39, 0.29) is 0 Å². The second kappa shape index (κ2) is 5.16. The molecule has 0 spiro atoms. The molecule has 0 bridgehead atoms. The van der Waals surface area contributed by atoms with Crippen molar-refractivity contribution in [1.29, 1.82) is 0 Å². The third kappa shape index (κ3) is 3.36. The van der Waals surface area contributed by atoms with E-state index in [4.69, 9.17) is 11.6 Å². The van der Waals surface area contributed by atoms with E-state index in [0.717, 1.165) is 24.0 Å². The zero-order valence-corrected chi connectivity index (χ0v) is 10.4. The van der Waals surface area contributed by atoms with Gasteiger partial charge in [0.2, 0.25) is 0 Å². The summed E-state index contributed by atoms with van der Waals surface area (Å²) in [5.74, 6) is 0. The van der Waals surface area contributed by atoms with Gasteiger partial charge in [0, 0.05) is 6.20 Å². The molecule has 18 heavy (non-hydrogen) atoms. The first-order chi connectivity index (χ1) is 8.45. The summed E-state index contributed by atoms with van der Waals surface area (Å²) in [4.78, 5) is 7.74. The molecule has 0 radical (unpaired) electrons. The monoisotopic (exact) mass is 290 g/mol. The van der Waals surface area contributed by atoms with Gasteiger partial charge in [-0.05, 0) is 24.3 Å². The SMILES string of the molecule is FC(F)(F)c1ccc(Sc2cccc(Cl)n2)nc1. The lowest BCUT2D eigenvalue weighted by Gasteiger charge is -2.06. The maximum atomic E-state index is 12.3. The summed E-state index contributed by atoms with van der Waals surface area (Å²) in [5.41, 5.74) is -0.772. The fraction of sp³-hybridized carbons (Fsp3) is 0.0909. The quantitative estimate of drug-likeness (QED) is 0.771. The van der Waals surface area contributed by atoms with Crippen molar-refractivity contribution in [1.82, 2.24) is 9.97 Å². The lowest BCUT2D eigenvalue weighted by atomic mass is 10.3. The summed E-state index contributed by atoms with van der Waals surface area (Å²) < 4.78 is 37.0. The van der Waals surface area contributed by atoms with Crippen molar-refractivity contribution in [3.05, 3.63) is 47.2 Å². The normalized spacial score (nSPS) is 11.6. The number of rotatable bonds is 2. The Kier molecular flexibility index (Phi) is 3.77. The van der Waals surface area contributed by atoms with Crippen LogP contribution in [-0.4, -0.2) is 9.97 Å². The molecule has 7 heteroatoms. The second-order valence-electron chi connectivity index (χ2n) is 3.28. The average molecular weight is 291 g/mol. The first-order valence-corrected chi connectivity index (χ1v) is 5.98. The highest BCUT2D eigenvalue weighted by molar-refractivity contribution is 7.99. The zero-order chi connectivity index (χ0) is 13.2. The Morgan fingerprint density at radius 3 is 2.39 bits per heavy atom. The molecule has 0 amide bonds. The third-order valence-electron chi connectivity index (χ3n) is 1.96. The molecule has 0 aliphatic heterocycles. The molecule has 94 valence electrons. The number of halogens is 4. The average Bonchev–Trinajstić information content (AvgIpc) is 2.28. The predicted octanol–water partition coefficient (Wildman–Crippen LogP) is 4.30. The molecule has 0 N–H and O–H groups in total. The summed E-state index contributed by atoms with van der Waals surface area (Å²) in [7, 11) is 0. The van der Waals surface area contributed by atoms with Crippen molar-refractivity contribution < 1.29 is 13.2 Å². The first-order valence-electron chi connectivity index (χ1n) is 4.79. The van der Waals surface area contributed by atoms with Crippen LogP contribution in [0, 0.1) is 0 Å². The van der Waals surface area contributed by atoms with Crippen LogP contribution in [0.3, 0.4) is 0 Å². The Morgan fingerprint density at radius 1 is 1.06 bits per heavy atom. The van der Waals surface area contributed by atoms with E-state index < -0.39 is 11.7 Å². The number of pyridine rings is 2. The smallest absolute Gasteiger partial charge is 0.249 e. The van der Waals surface area contributed by atoms with Gasteiger partial charge >= 0.3 is 6.18 Å². The van der Waals surface area contributed by atoms with Gasteiger partial charge in [-0.2, -0.15) is 13.2 Å². The van der Waals surface area contributed by atoms with Gasteiger partial charge in [0.15, 0.2) is 0 Å². The van der Waals surface area contributed by atoms with Crippen molar-refractivity contribution in [2.24, 2.45) is 0 Å². The first kappa shape index (κ1) is 13.2. The van der Waals surface area contributed by atoms with Gasteiger partial charge in [-0.1, -0.05) is 29.4 Å². The molecule has 0 fully saturated rings. The van der Waals surface area contributed by atoms with Crippen LogP contribution in [0.15, 0.2) is 46.6 Å². The molecule has 0 saturated heterocycles. The summed E-state index contributed by atoms with van der Waals surface area (Å²) in [6.07, 6.45) is -3.57. The van der Waals surface area contributed by atoms with Crippen molar-refractivity contribution in [2.75, 3.05) is 0 Å². The molecular formula is C11H6ClF3N2S. The van der Waals surface area contributed by atoms with E-state index in [1.807, 2.05) is 0 Å². The zero-order valence-electron chi connectivity index (χ0n) is 8.78. The van der Waals surface area contributed by atoms with Crippen LogP contribution in [0.4, 0.5) is 13.2 Å². The highest BCUT2D eigenvalue weighted by Gasteiger charge is 2.30. The van der Waals surface area contributed by atoms with Crippen LogP contribution in [0.1, 0.15) is 5.56 Å². The minimum Gasteiger partial charge on any atom is -0.249 e. The fourth-order valence-corrected chi connectivity index (χ4v) is 2.12. The molecule has 0 aliphatic rings. The van der Waals surface area contributed by atoms with E-state index in [0.29, 0.717) is 15.2 Å². The maximum absolute atomic E-state index is 12.3. The van der Waals surface area contributed by atoms with Gasteiger partial charge in [0.1, 0.15) is 15.2 Å². The molecule has 2 aromatic heterocycles. The minimum absolute atomic E-state index is 0.326. The van der Waals surface area contributed by atoms with Gasteiger partial charge in [0.25, 0.3) is 0 Å². The molecule has 2 aromatic rings. The fourth-order valence-electron chi connectivity index (χ4n) is 1.16. The lowest BCUT2D eigenvalue weighted by Crippen LogP contribution is -2.05. The van der Waals surface area contributed by atoms with E-state index in [1.165, 1.54) is 6.07 Å². The van der Waals surface area contributed by atoms with Crippen molar-refractivity contribution in [2.45, 2.75) is 16.2 Å². The Labute approximate surface area is 110 Å². The summed E-state index contributed by atoms with van der Waals surface area (Å²) in [5, 5.41) is 1.33. The maximum Gasteiger partial charge on any atom is 0.417 e. The molecule has 2 nitrogen and oxygen atoms in total. The van der Waals surface area contributed by atoms with Gasteiger partial charge in [-0.15, -0.1) is 0 Å². The highest BCUT2D eigenvalue weighted by Crippen LogP contribution is 2.31. The van der Waals surface area contributed by atoms with Gasteiger partial charge in [-0.3, -0.25) is 0 Å². The van der Waals surface area contributed by atoms with E-state index >= 15 is 0 Å². The van der Waals surface area contributed by atoms with Crippen molar-refractivity contribution >= 4 is 23.4 Å². The standard InChI is InChI=1S/C11H6ClF3N2S/c12-8-2-1-3-10(17-8)18-9-5-4-7(6-16-9)11(13,14)15/h1-6H. The Hall–Kier alpha value is -1.27. The van der Waals surface area contributed by atoms with E-state index in [2.05, 4.69) is 9.97 Å². The van der Waals surface area contributed by atoms with Gasteiger partial charge in [-0.25, -0.2) is 9.97 Å². The Balaban J connectivity index is 2.16. The molecule has 2 rings (SSSR count). The van der Waals surface area contributed by atoms with Crippen LogP contribution in [0.2, 0.25) is 5.15 Å². The Bertz CT molecular complexity index is 543. The van der Waals surface area contributed by atoms with Gasteiger partial charge < -0.3 is 0 Å². The van der Waals surface area contributed by atoms with Crippen LogP contribution in [0.25, 0.3) is 0 Å². The Morgan fingerprint density at radius 2 is 1.83 bits per heavy atom. The molecule has 0 saturated carbocycles. The molecule has 0 aliphatic carbocycles. The van der Waals surface area contributed by atoms with Crippen LogP contribution < -0.4 is 0 Å². The van der Waals surface area contributed by atoms with Crippen molar-refractivity contribution in [3.63, 3.8) is 0 Å².